The number of amides is 1. The molecule has 9 heteroatoms. The van der Waals surface area contributed by atoms with Crippen molar-refractivity contribution >= 4 is 23.5 Å². The first-order valence-corrected chi connectivity index (χ1v) is 8.14. The molecule has 3 rings (SSSR count). The first-order chi connectivity index (χ1) is 13.5. The summed E-state index contributed by atoms with van der Waals surface area (Å²) in [5, 5.41) is 2.57. The summed E-state index contributed by atoms with van der Waals surface area (Å²) < 4.78 is 25.2. The topological polar surface area (TPSA) is 109 Å². The van der Waals surface area contributed by atoms with E-state index in [-0.39, 0.29) is 30.2 Å². The van der Waals surface area contributed by atoms with Crippen molar-refractivity contribution in [2.75, 3.05) is 32.9 Å². The molecule has 0 fully saturated rings. The van der Waals surface area contributed by atoms with Gasteiger partial charge in [0.1, 0.15) is 5.75 Å². The average molecular weight is 387 g/mol. The number of hydrogen-bond donors (Lipinski definition) is 1. The van der Waals surface area contributed by atoms with Gasteiger partial charge < -0.3 is 29.0 Å². The minimum absolute atomic E-state index is 0.0948. The van der Waals surface area contributed by atoms with E-state index in [1.165, 1.54) is 32.4 Å². The van der Waals surface area contributed by atoms with Crippen LogP contribution >= 0.6 is 0 Å². The molecule has 146 valence electrons. The van der Waals surface area contributed by atoms with Gasteiger partial charge in [-0.3, -0.25) is 4.79 Å². The van der Waals surface area contributed by atoms with Crippen molar-refractivity contribution < 1.29 is 38.1 Å². The first-order valence-electron chi connectivity index (χ1n) is 8.14. The lowest BCUT2D eigenvalue weighted by Crippen LogP contribution is -2.21. The molecule has 2 aromatic rings. The number of esters is 2. The number of rotatable bonds is 6. The van der Waals surface area contributed by atoms with E-state index in [0.29, 0.717) is 17.2 Å². The van der Waals surface area contributed by atoms with Crippen LogP contribution < -0.4 is 19.5 Å². The molecule has 28 heavy (non-hydrogen) atoms. The molecule has 1 aliphatic rings. The molecule has 1 heterocycles. The van der Waals surface area contributed by atoms with Crippen molar-refractivity contribution in [2.45, 2.75) is 0 Å². The van der Waals surface area contributed by atoms with Crippen LogP contribution in [0.2, 0.25) is 0 Å². The number of nitrogens with one attached hydrogen (secondary N) is 1. The SMILES string of the molecule is COC(=O)c1cc(NC(=O)COc2ccc3c(c2)OCO3)cc(C(=O)OC)c1. The second-order valence-corrected chi connectivity index (χ2v) is 5.63. The van der Waals surface area contributed by atoms with E-state index in [0.717, 1.165) is 0 Å². The van der Waals surface area contributed by atoms with Crippen LogP contribution in [0.15, 0.2) is 36.4 Å². The molecule has 0 saturated carbocycles. The normalized spacial score (nSPS) is 11.5. The standard InChI is InChI=1S/C19H17NO8/c1-24-18(22)11-5-12(19(23)25-2)7-13(6-11)20-17(21)9-26-14-3-4-15-16(8-14)28-10-27-15/h3-8H,9-10H2,1-2H3,(H,20,21). The number of carbonyl (C=O) groups is 3. The van der Waals surface area contributed by atoms with Gasteiger partial charge in [-0.1, -0.05) is 0 Å². The average Bonchev–Trinajstić information content (AvgIpc) is 3.18. The monoisotopic (exact) mass is 387 g/mol. The minimum Gasteiger partial charge on any atom is -0.484 e. The van der Waals surface area contributed by atoms with Crippen LogP contribution in [0.25, 0.3) is 0 Å². The molecule has 9 nitrogen and oxygen atoms in total. The summed E-state index contributed by atoms with van der Waals surface area (Å²) in [5.74, 6) is -0.234. The Hall–Kier alpha value is -3.75. The molecule has 0 radical (unpaired) electrons. The number of anilines is 1. The maximum absolute atomic E-state index is 12.2. The molecule has 1 N–H and O–H groups in total. The lowest BCUT2D eigenvalue weighted by molar-refractivity contribution is -0.118. The van der Waals surface area contributed by atoms with Crippen LogP contribution in [-0.4, -0.2) is 45.5 Å². The lowest BCUT2D eigenvalue weighted by Gasteiger charge is -2.10. The van der Waals surface area contributed by atoms with Crippen LogP contribution in [0, 0.1) is 0 Å². The fraction of sp³-hybridized carbons (Fsp3) is 0.211. The highest BCUT2D eigenvalue weighted by atomic mass is 16.7. The number of methoxy groups -OCH3 is 2. The van der Waals surface area contributed by atoms with Crippen LogP contribution in [0.5, 0.6) is 17.2 Å². The Morgan fingerprint density at radius 3 is 2.21 bits per heavy atom. The fourth-order valence-corrected chi connectivity index (χ4v) is 2.48. The Morgan fingerprint density at radius 1 is 0.929 bits per heavy atom. The quantitative estimate of drug-likeness (QED) is 0.750. The zero-order chi connectivity index (χ0) is 20.1. The van der Waals surface area contributed by atoms with Crippen LogP contribution in [0.3, 0.4) is 0 Å². The van der Waals surface area contributed by atoms with Crippen molar-refractivity contribution in [3.63, 3.8) is 0 Å². The summed E-state index contributed by atoms with van der Waals surface area (Å²) >= 11 is 0. The van der Waals surface area contributed by atoms with E-state index >= 15 is 0 Å². The molecule has 0 atom stereocenters. The number of carbonyl (C=O) groups excluding carboxylic acids is 3. The molecule has 0 saturated heterocycles. The predicted octanol–water partition coefficient (Wildman–Crippen LogP) is 2.01. The van der Waals surface area contributed by atoms with Gasteiger partial charge in [0.05, 0.1) is 25.3 Å². The van der Waals surface area contributed by atoms with Crippen LogP contribution in [-0.2, 0) is 14.3 Å². The van der Waals surface area contributed by atoms with Gasteiger partial charge in [0.2, 0.25) is 6.79 Å². The Morgan fingerprint density at radius 2 is 1.57 bits per heavy atom. The van der Waals surface area contributed by atoms with Crippen LogP contribution in [0.1, 0.15) is 20.7 Å². The fourth-order valence-electron chi connectivity index (χ4n) is 2.48. The third kappa shape index (κ3) is 4.32. The maximum Gasteiger partial charge on any atom is 0.337 e. The molecule has 0 aromatic heterocycles. The Balaban J connectivity index is 1.68. The van der Waals surface area contributed by atoms with Gasteiger partial charge in [-0.25, -0.2) is 9.59 Å². The molecular weight excluding hydrogens is 370 g/mol. The molecule has 1 aliphatic heterocycles. The number of hydrogen-bond acceptors (Lipinski definition) is 8. The largest absolute Gasteiger partial charge is 0.484 e. The van der Waals surface area contributed by atoms with Gasteiger partial charge in [0, 0.05) is 11.8 Å². The van der Waals surface area contributed by atoms with Crippen molar-refractivity contribution in [3.8, 4) is 17.2 Å². The van der Waals surface area contributed by atoms with E-state index in [9.17, 15) is 14.4 Å². The highest BCUT2D eigenvalue weighted by Gasteiger charge is 2.16. The number of fused-ring (bicyclic) bond motifs is 1. The summed E-state index contributed by atoms with van der Waals surface area (Å²) in [4.78, 5) is 35.8. The zero-order valence-electron chi connectivity index (χ0n) is 15.1. The van der Waals surface area contributed by atoms with Gasteiger partial charge in [-0.2, -0.15) is 0 Å². The van der Waals surface area contributed by atoms with Crippen molar-refractivity contribution in [3.05, 3.63) is 47.5 Å². The van der Waals surface area contributed by atoms with E-state index in [4.69, 9.17) is 14.2 Å². The lowest BCUT2D eigenvalue weighted by atomic mass is 10.1. The van der Waals surface area contributed by atoms with Gasteiger partial charge in [0.15, 0.2) is 18.1 Å². The summed E-state index contributed by atoms with van der Waals surface area (Å²) in [6.45, 7) is -0.159. The molecule has 0 aliphatic carbocycles. The smallest absolute Gasteiger partial charge is 0.337 e. The third-order valence-electron chi connectivity index (χ3n) is 3.77. The summed E-state index contributed by atoms with van der Waals surface area (Å²) in [5.41, 5.74) is 0.414. The van der Waals surface area contributed by atoms with E-state index in [1.54, 1.807) is 18.2 Å². The Kier molecular flexibility index (Phi) is 5.64. The van der Waals surface area contributed by atoms with E-state index in [1.807, 2.05) is 0 Å². The Bertz CT molecular complexity index is 890. The first kappa shape index (κ1) is 19.0. The second kappa shape index (κ2) is 8.30. The predicted molar refractivity (Wildman–Crippen MR) is 95.8 cm³/mol. The van der Waals surface area contributed by atoms with Gasteiger partial charge in [0.25, 0.3) is 5.91 Å². The van der Waals surface area contributed by atoms with E-state index < -0.39 is 17.8 Å². The molecule has 1 amide bonds. The summed E-state index contributed by atoms with van der Waals surface area (Å²) in [7, 11) is 2.43. The molecule has 2 aromatic carbocycles. The van der Waals surface area contributed by atoms with E-state index in [2.05, 4.69) is 14.8 Å². The molecule has 0 spiro atoms. The summed E-state index contributed by atoms with van der Waals surface area (Å²) in [6, 6.07) is 9.03. The highest BCUT2D eigenvalue weighted by molar-refractivity contribution is 5.99. The Labute approximate surface area is 160 Å². The number of benzene rings is 2. The number of ether oxygens (including phenoxy) is 5. The molecular formula is C19H17NO8. The third-order valence-corrected chi connectivity index (χ3v) is 3.77. The van der Waals surface area contributed by atoms with Gasteiger partial charge in [-0.05, 0) is 30.3 Å². The molecule has 0 bridgehead atoms. The summed E-state index contributed by atoms with van der Waals surface area (Å²) in [6.07, 6.45) is 0. The van der Waals surface area contributed by atoms with Crippen LogP contribution in [0.4, 0.5) is 5.69 Å². The minimum atomic E-state index is -0.655. The zero-order valence-corrected chi connectivity index (χ0v) is 15.1. The van der Waals surface area contributed by atoms with Gasteiger partial charge in [-0.15, -0.1) is 0 Å². The highest BCUT2D eigenvalue weighted by Crippen LogP contribution is 2.35. The maximum atomic E-state index is 12.2. The molecule has 0 unspecified atom stereocenters. The van der Waals surface area contributed by atoms with Crippen molar-refractivity contribution in [1.29, 1.82) is 0 Å². The van der Waals surface area contributed by atoms with Crippen molar-refractivity contribution in [2.24, 2.45) is 0 Å². The van der Waals surface area contributed by atoms with Crippen molar-refractivity contribution in [1.82, 2.24) is 0 Å². The second-order valence-electron chi connectivity index (χ2n) is 5.63. The van der Waals surface area contributed by atoms with Gasteiger partial charge >= 0.3 is 11.9 Å².